The van der Waals surface area contributed by atoms with Crippen molar-refractivity contribution in [2.75, 3.05) is 31.1 Å². The molecule has 3 aromatic heterocycles. The quantitative estimate of drug-likeness (QED) is 0.433. The first-order valence-electron chi connectivity index (χ1n) is 9.88. The molecule has 5 aromatic rings. The molecule has 2 aromatic carbocycles. The topological polar surface area (TPSA) is 74.1 Å². The van der Waals surface area contributed by atoms with E-state index in [-0.39, 0.29) is 24.8 Å². The van der Waals surface area contributed by atoms with Crippen LogP contribution in [0.15, 0.2) is 59.3 Å². The number of benzene rings is 2. The van der Waals surface area contributed by atoms with Crippen LogP contribution in [-0.2, 0) is 6.54 Å². The lowest BCUT2D eigenvalue weighted by molar-refractivity contribution is 0.244. The predicted octanol–water partition coefficient (Wildman–Crippen LogP) is 4.42. The van der Waals surface area contributed by atoms with E-state index in [2.05, 4.69) is 30.8 Å². The Morgan fingerprint density at radius 1 is 0.903 bits per heavy atom. The van der Waals surface area contributed by atoms with E-state index in [9.17, 15) is 0 Å². The summed E-state index contributed by atoms with van der Waals surface area (Å²) in [5, 5.41) is 1.04. The molecule has 0 amide bonds. The highest BCUT2D eigenvalue weighted by molar-refractivity contribution is 6.05. The number of furan rings is 1. The van der Waals surface area contributed by atoms with Crippen molar-refractivity contribution < 1.29 is 4.42 Å². The number of hydrogen-bond donors (Lipinski definition) is 1. The van der Waals surface area contributed by atoms with Crippen molar-refractivity contribution in [3.63, 3.8) is 0 Å². The second kappa shape index (κ2) is 8.70. The number of halogens is 2. The molecule has 0 bridgehead atoms. The van der Waals surface area contributed by atoms with Gasteiger partial charge in [0.05, 0.1) is 17.6 Å². The van der Waals surface area contributed by atoms with Crippen molar-refractivity contribution in [1.82, 2.24) is 24.8 Å². The normalized spacial score (nSPS) is 14.6. The first-order chi connectivity index (χ1) is 14.3. The maximum Gasteiger partial charge on any atom is 0.196 e. The van der Waals surface area contributed by atoms with Gasteiger partial charge < -0.3 is 14.3 Å². The van der Waals surface area contributed by atoms with Crippen molar-refractivity contribution in [2.45, 2.75) is 6.54 Å². The number of aromatic nitrogens is 4. The minimum absolute atomic E-state index is 0. The monoisotopic (exact) mass is 456 g/mol. The summed E-state index contributed by atoms with van der Waals surface area (Å²) in [7, 11) is 0. The molecule has 0 atom stereocenters. The van der Waals surface area contributed by atoms with E-state index in [1.807, 2.05) is 42.5 Å². The van der Waals surface area contributed by atoms with E-state index in [4.69, 9.17) is 9.40 Å². The van der Waals surface area contributed by atoms with Crippen LogP contribution in [0.4, 0.5) is 5.82 Å². The van der Waals surface area contributed by atoms with Gasteiger partial charge in [-0.05, 0) is 24.3 Å². The number of fused-ring (bicyclic) bond motifs is 4. The van der Waals surface area contributed by atoms with Crippen LogP contribution < -0.4 is 4.90 Å². The van der Waals surface area contributed by atoms with Gasteiger partial charge in [-0.1, -0.05) is 24.3 Å². The summed E-state index contributed by atoms with van der Waals surface area (Å²) in [5.74, 6) is 1.90. The zero-order valence-electron chi connectivity index (χ0n) is 16.7. The van der Waals surface area contributed by atoms with Crippen molar-refractivity contribution in [3.05, 3.63) is 60.7 Å². The first kappa shape index (κ1) is 21.4. The molecule has 4 heterocycles. The van der Waals surface area contributed by atoms with Crippen molar-refractivity contribution in [2.24, 2.45) is 0 Å². The third-order valence-electron chi connectivity index (χ3n) is 5.62. The lowest BCUT2D eigenvalue weighted by Crippen LogP contribution is -2.46. The first-order valence-corrected chi connectivity index (χ1v) is 9.88. The highest BCUT2D eigenvalue weighted by Gasteiger charge is 2.23. The fraction of sp³-hybridized carbons (Fsp3) is 0.227. The molecule has 0 aliphatic carbocycles. The number of aromatic amines is 1. The summed E-state index contributed by atoms with van der Waals surface area (Å²) >= 11 is 0. The Morgan fingerprint density at radius 3 is 2.52 bits per heavy atom. The van der Waals surface area contributed by atoms with E-state index in [1.54, 1.807) is 6.33 Å². The van der Waals surface area contributed by atoms with Crippen molar-refractivity contribution in [3.8, 4) is 0 Å². The molecule has 0 spiro atoms. The van der Waals surface area contributed by atoms with Crippen LogP contribution in [0.25, 0.3) is 33.1 Å². The molecule has 0 radical (unpaired) electrons. The second-order valence-electron chi connectivity index (χ2n) is 7.44. The third-order valence-corrected chi connectivity index (χ3v) is 5.62. The van der Waals surface area contributed by atoms with Gasteiger partial charge in [0, 0.05) is 31.6 Å². The van der Waals surface area contributed by atoms with Crippen molar-refractivity contribution >= 4 is 63.7 Å². The van der Waals surface area contributed by atoms with Crippen LogP contribution in [-0.4, -0.2) is 51.0 Å². The van der Waals surface area contributed by atoms with E-state index in [0.717, 1.165) is 77.5 Å². The smallest absolute Gasteiger partial charge is 0.196 e. The Labute approximate surface area is 191 Å². The van der Waals surface area contributed by atoms with Gasteiger partial charge in [-0.15, -0.1) is 24.8 Å². The largest absolute Gasteiger partial charge is 0.450 e. The van der Waals surface area contributed by atoms with Gasteiger partial charge in [-0.3, -0.25) is 4.90 Å². The molecule has 1 fully saturated rings. The molecular formula is C22H22Cl2N6O. The molecule has 1 aliphatic heterocycles. The molecule has 160 valence electrons. The SMILES string of the molecule is Cl.Cl.c1ccc2[nH]c(CN3CCN(c4ncnc5c4oc4ccccc45)CC3)nc2c1. The van der Waals surface area contributed by atoms with Gasteiger partial charge in [0.25, 0.3) is 0 Å². The summed E-state index contributed by atoms with van der Waals surface area (Å²) in [6.45, 7) is 4.50. The molecule has 0 unspecified atom stereocenters. The molecule has 1 N–H and O–H groups in total. The number of nitrogens with zero attached hydrogens (tertiary/aromatic N) is 5. The molecule has 1 aliphatic rings. The maximum absolute atomic E-state index is 6.10. The van der Waals surface area contributed by atoms with E-state index >= 15 is 0 Å². The number of rotatable bonds is 3. The van der Waals surface area contributed by atoms with Gasteiger partial charge in [-0.25, -0.2) is 15.0 Å². The number of imidazole rings is 1. The fourth-order valence-electron chi connectivity index (χ4n) is 4.15. The number of hydrogen-bond acceptors (Lipinski definition) is 6. The van der Waals surface area contributed by atoms with E-state index in [1.165, 1.54) is 0 Å². The molecule has 31 heavy (non-hydrogen) atoms. The Hall–Kier alpha value is -2.87. The summed E-state index contributed by atoms with van der Waals surface area (Å²) in [6.07, 6.45) is 1.64. The van der Waals surface area contributed by atoms with Gasteiger partial charge in [0.2, 0.25) is 0 Å². The summed E-state index contributed by atoms with van der Waals surface area (Å²) in [6, 6.07) is 16.2. The minimum Gasteiger partial charge on any atom is -0.450 e. The lowest BCUT2D eigenvalue weighted by Gasteiger charge is -2.34. The minimum atomic E-state index is 0. The summed E-state index contributed by atoms with van der Waals surface area (Å²) < 4.78 is 6.10. The zero-order valence-corrected chi connectivity index (χ0v) is 18.3. The van der Waals surface area contributed by atoms with Gasteiger partial charge in [0.15, 0.2) is 11.4 Å². The summed E-state index contributed by atoms with van der Waals surface area (Å²) in [5.41, 5.74) is 4.63. The second-order valence-corrected chi connectivity index (χ2v) is 7.44. The molecule has 9 heteroatoms. The third kappa shape index (κ3) is 3.80. The lowest BCUT2D eigenvalue weighted by atomic mass is 10.2. The van der Waals surface area contributed by atoms with Crippen molar-refractivity contribution in [1.29, 1.82) is 0 Å². The molecule has 0 saturated carbocycles. The van der Waals surface area contributed by atoms with Crippen LogP contribution in [0, 0.1) is 0 Å². The summed E-state index contributed by atoms with van der Waals surface area (Å²) in [4.78, 5) is 21.9. The standard InChI is InChI=1S/C22H20N6O.2ClH/c1-4-8-18-15(5-1)20-21(29-18)22(24-14-23-20)28-11-9-27(10-12-28)13-19-25-16-6-2-3-7-17(16)26-19;;/h1-8,14H,9-13H2,(H,25,26);2*1H. The number of nitrogens with one attached hydrogen (secondary N) is 1. The molecule has 1 saturated heterocycles. The number of anilines is 1. The van der Waals surface area contributed by atoms with E-state index < -0.39 is 0 Å². The Bertz CT molecular complexity index is 1290. The fourth-order valence-corrected chi connectivity index (χ4v) is 4.15. The Kier molecular flexibility index (Phi) is 6.00. The van der Waals surface area contributed by atoms with E-state index in [0.29, 0.717) is 0 Å². The maximum atomic E-state index is 6.10. The molecule has 7 nitrogen and oxygen atoms in total. The Balaban J connectivity index is 0.00000116. The van der Waals surface area contributed by atoms with Gasteiger partial charge in [-0.2, -0.15) is 0 Å². The number of para-hydroxylation sites is 3. The van der Waals surface area contributed by atoms with Crippen LogP contribution in [0.1, 0.15) is 5.82 Å². The number of piperazine rings is 1. The predicted molar refractivity (Wildman–Crippen MR) is 127 cm³/mol. The molecular weight excluding hydrogens is 435 g/mol. The average molecular weight is 457 g/mol. The van der Waals surface area contributed by atoms with Crippen LogP contribution in [0.3, 0.4) is 0 Å². The van der Waals surface area contributed by atoms with Crippen LogP contribution in [0.2, 0.25) is 0 Å². The highest BCUT2D eigenvalue weighted by atomic mass is 35.5. The zero-order chi connectivity index (χ0) is 19.2. The number of H-pyrrole nitrogens is 1. The van der Waals surface area contributed by atoms with Gasteiger partial charge >= 0.3 is 0 Å². The highest BCUT2D eigenvalue weighted by Crippen LogP contribution is 2.32. The average Bonchev–Trinajstić information content (AvgIpc) is 3.35. The van der Waals surface area contributed by atoms with Crippen LogP contribution in [0.5, 0.6) is 0 Å². The Morgan fingerprint density at radius 2 is 1.68 bits per heavy atom. The molecule has 6 rings (SSSR count). The van der Waals surface area contributed by atoms with Crippen LogP contribution >= 0.6 is 24.8 Å². The van der Waals surface area contributed by atoms with Gasteiger partial charge in [0.1, 0.15) is 23.3 Å².